The predicted molar refractivity (Wildman–Crippen MR) is 125 cm³/mol. The summed E-state index contributed by atoms with van der Waals surface area (Å²) in [7, 11) is 0. The Hall–Kier alpha value is -1.34. The Kier molecular flexibility index (Phi) is 5.31. The predicted octanol–water partition coefficient (Wildman–Crippen LogP) is 3.50. The molecule has 3 unspecified atom stereocenters. The Morgan fingerprint density at radius 1 is 1.18 bits per heavy atom. The van der Waals surface area contributed by atoms with Crippen LogP contribution in [-0.4, -0.2) is 52.5 Å². The van der Waals surface area contributed by atoms with Gasteiger partial charge in [0.25, 0.3) is 0 Å². The maximum Gasteiger partial charge on any atom is 0.193 e. The zero-order valence-electron chi connectivity index (χ0n) is 20.4. The number of aliphatic hydroxyl groups excluding tert-OH is 2. The van der Waals surface area contributed by atoms with Crippen molar-refractivity contribution in [2.24, 2.45) is 34.5 Å². The van der Waals surface area contributed by atoms with Gasteiger partial charge in [0.1, 0.15) is 6.61 Å². The summed E-state index contributed by atoms with van der Waals surface area (Å²) in [5.41, 5.74) is -1.04. The van der Waals surface area contributed by atoms with Crippen LogP contribution in [0.25, 0.3) is 0 Å². The maximum absolute atomic E-state index is 13.5. The second kappa shape index (κ2) is 7.83. The highest BCUT2D eigenvalue weighted by molar-refractivity contribution is 6.01. The van der Waals surface area contributed by atoms with E-state index in [0.29, 0.717) is 6.42 Å². The largest absolute Gasteiger partial charge is 0.393 e. The second-order valence-corrected chi connectivity index (χ2v) is 12.3. The van der Waals surface area contributed by atoms with Crippen molar-refractivity contribution in [2.75, 3.05) is 6.61 Å². The average Bonchev–Trinajstić information content (AvgIpc) is 3.32. The van der Waals surface area contributed by atoms with Crippen molar-refractivity contribution in [2.45, 2.75) is 95.7 Å². The van der Waals surface area contributed by atoms with Crippen molar-refractivity contribution >= 4 is 11.6 Å². The fourth-order valence-corrected chi connectivity index (χ4v) is 9.33. The number of aliphatic hydroxyl groups is 2. The van der Waals surface area contributed by atoms with E-state index in [4.69, 9.17) is 9.47 Å². The molecule has 5 fully saturated rings. The fourth-order valence-electron chi connectivity index (χ4n) is 9.33. The van der Waals surface area contributed by atoms with E-state index in [2.05, 4.69) is 13.8 Å². The van der Waals surface area contributed by atoms with Crippen molar-refractivity contribution in [3.05, 3.63) is 23.8 Å². The first-order chi connectivity index (χ1) is 16.2. The van der Waals surface area contributed by atoms with E-state index >= 15 is 0 Å². The van der Waals surface area contributed by atoms with Gasteiger partial charge in [-0.25, -0.2) is 0 Å². The molecule has 6 nitrogen and oxygen atoms in total. The van der Waals surface area contributed by atoms with Crippen LogP contribution < -0.4 is 0 Å². The van der Waals surface area contributed by atoms with E-state index < -0.39 is 30.0 Å². The van der Waals surface area contributed by atoms with Gasteiger partial charge in [-0.15, -0.1) is 0 Å². The summed E-state index contributed by atoms with van der Waals surface area (Å²) in [5.74, 6) is 0.360. The summed E-state index contributed by atoms with van der Waals surface area (Å²) in [6.07, 6.45) is 12.5. The number of hydrogen-bond acceptors (Lipinski definition) is 6. The molecule has 1 saturated heterocycles. The minimum atomic E-state index is -1.20. The van der Waals surface area contributed by atoms with E-state index in [1.807, 2.05) is 6.08 Å². The third-order valence-corrected chi connectivity index (χ3v) is 10.8. The van der Waals surface area contributed by atoms with Crippen LogP contribution in [-0.2, 0) is 19.1 Å². The smallest absolute Gasteiger partial charge is 0.193 e. The number of ether oxygens (including phenoxy) is 2. The fraction of sp³-hybridized carbons (Fsp3) is 0.786. The number of rotatable bonds is 3. The van der Waals surface area contributed by atoms with Crippen LogP contribution in [0, 0.1) is 34.5 Å². The molecule has 186 valence electrons. The maximum atomic E-state index is 13.5. The summed E-state index contributed by atoms with van der Waals surface area (Å²) in [6.45, 7) is 3.69. The summed E-state index contributed by atoms with van der Waals surface area (Å²) in [5, 5.41) is 21.7. The van der Waals surface area contributed by atoms with Gasteiger partial charge in [0.05, 0.1) is 12.2 Å². The van der Waals surface area contributed by atoms with E-state index in [1.165, 1.54) is 6.42 Å². The van der Waals surface area contributed by atoms with Gasteiger partial charge in [0.15, 0.2) is 23.5 Å². The number of fused-ring (bicyclic) bond motifs is 7. The molecular formula is C28H38O6. The summed E-state index contributed by atoms with van der Waals surface area (Å²) in [6, 6.07) is 0. The molecule has 0 bridgehead atoms. The number of ketones is 2. The Morgan fingerprint density at radius 2 is 1.94 bits per heavy atom. The Balaban J connectivity index is 1.37. The SMILES string of the molecule is C[C@]12C=CC(=O)C=C1CC[C@@H]1C2[C@@H](O)C[C@@]2(C)C1C[C@H]1OC(C3CCCCC3)O[C@]12C(=O)CO. The highest BCUT2D eigenvalue weighted by atomic mass is 16.7. The number of allylic oxidation sites excluding steroid dienone is 4. The van der Waals surface area contributed by atoms with Gasteiger partial charge in [-0.1, -0.05) is 44.8 Å². The van der Waals surface area contributed by atoms with Gasteiger partial charge < -0.3 is 19.7 Å². The van der Waals surface area contributed by atoms with Crippen LogP contribution in [0.4, 0.5) is 0 Å². The zero-order chi connectivity index (χ0) is 23.9. The molecule has 0 radical (unpaired) electrons. The van der Waals surface area contributed by atoms with Crippen LogP contribution in [0.1, 0.15) is 71.6 Å². The third-order valence-electron chi connectivity index (χ3n) is 10.8. The van der Waals surface area contributed by atoms with Crippen molar-refractivity contribution in [1.82, 2.24) is 0 Å². The molecule has 1 aliphatic heterocycles. The lowest BCUT2D eigenvalue weighted by molar-refractivity contribution is -0.209. The number of Topliss-reactive ketones (excluding diaryl/α,β-unsaturated/α-hetero) is 1. The first kappa shape index (κ1) is 23.1. The molecule has 0 amide bonds. The second-order valence-electron chi connectivity index (χ2n) is 12.3. The Bertz CT molecular complexity index is 949. The van der Waals surface area contributed by atoms with Crippen LogP contribution in [0.5, 0.6) is 0 Å². The minimum Gasteiger partial charge on any atom is -0.393 e. The van der Waals surface area contributed by atoms with Crippen LogP contribution in [0.3, 0.4) is 0 Å². The molecule has 9 atom stereocenters. The molecular weight excluding hydrogens is 432 g/mol. The number of hydrogen-bond donors (Lipinski definition) is 2. The van der Waals surface area contributed by atoms with Gasteiger partial charge in [0.2, 0.25) is 0 Å². The molecule has 0 spiro atoms. The normalized spacial score (nSPS) is 50.2. The molecule has 6 rings (SSSR count). The minimum absolute atomic E-state index is 0.0100. The molecule has 6 heteroatoms. The van der Waals surface area contributed by atoms with E-state index in [1.54, 1.807) is 12.2 Å². The lowest BCUT2D eigenvalue weighted by Gasteiger charge is -2.59. The van der Waals surface area contributed by atoms with Gasteiger partial charge in [-0.3, -0.25) is 9.59 Å². The quantitative estimate of drug-likeness (QED) is 0.656. The topological polar surface area (TPSA) is 93.1 Å². The molecule has 2 N–H and O–H groups in total. The summed E-state index contributed by atoms with van der Waals surface area (Å²) < 4.78 is 13.3. The van der Waals surface area contributed by atoms with Crippen molar-refractivity contribution < 1.29 is 29.3 Å². The molecule has 34 heavy (non-hydrogen) atoms. The Labute approximate surface area is 201 Å². The lowest BCUT2D eigenvalue weighted by atomic mass is 9.46. The van der Waals surface area contributed by atoms with Crippen LogP contribution in [0.15, 0.2) is 23.8 Å². The van der Waals surface area contributed by atoms with E-state index in [0.717, 1.165) is 50.5 Å². The molecule has 5 aliphatic carbocycles. The third kappa shape index (κ3) is 2.89. The number of carbonyl (C=O) groups excluding carboxylic acids is 2. The molecule has 4 saturated carbocycles. The van der Waals surface area contributed by atoms with Gasteiger partial charge in [-0.05, 0) is 62.5 Å². The van der Waals surface area contributed by atoms with Crippen molar-refractivity contribution in [3.63, 3.8) is 0 Å². The molecule has 0 aromatic carbocycles. The van der Waals surface area contributed by atoms with E-state index in [-0.39, 0.29) is 46.8 Å². The molecule has 1 heterocycles. The average molecular weight is 471 g/mol. The first-order valence-corrected chi connectivity index (χ1v) is 13.3. The standard InChI is InChI=1S/C28H38O6/c1-26-11-10-18(30)12-17(26)8-9-19-20-13-23-28(22(32)15-29,27(20,2)14-21(31)24(19)26)34-25(33-23)16-6-4-3-5-7-16/h10-12,16,19-21,23-25,29,31H,3-9,13-15H2,1-2H3/t19-,20?,21-,23+,24?,25?,26-,27-,28+/m0/s1. The van der Waals surface area contributed by atoms with Gasteiger partial charge >= 0.3 is 0 Å². The van der Waals surface area contributed by atoms with Gasteiger partial charge in [-0.2, -0.15) is 0 Å². The first-order valence-electron chi connectivity index (χ1n) is 13.3. The summed E-state index contributed by atoms with van der Waals surface area (Å²) in [4.78, 5) is 25.6. The number of carbonyl (C=O) groups is 2. The van der Waals surface area contributed by atoms with Crippen LogP contribution >= 0.6 is 0 Å². The van der Waals surface area contributed by atoms with Gasteiger partial charge in [0, 0.05) is 22.7 Å². The summed E-state index contributed by atoms with van der Waals surface area (Å²) >= 11 is 0. The van der Waals surface area contributed by atoms with E-state index in [9.17, 15) is 19.8 Å². The zero-order valence-corrected chi connectivity index (χ0v) is 20.4. The highest BCUT2D eigenvalue weighted by Crippen LogP contribution is 2.70. The van der Waals surface area contributed by atoms with Crippen molar-refractivity contribution in [1.29, 1.82) is 0 Å². The van der Waals surface area contributed by atoms with Crippen molar-refractivity contribution in [3.8, 4) is 0 Å². The monoisotopic (exact) mass is 470 g/mol. The molecule has 0 aromatic rings. The molecule has 6 aliphatic rings. The lowest BCUT2D eigenvalue weighted by Crippen LogP contribution is -2.63. The molecule has 0 aromatic heterocycles. The Morgan fingerprint density at radius 3 is 2.68 bits per heavy atom. The highest BCUT2D eigenvalue weighted by Gasteiger charge is 2.76. The van der Waals surface area contributed by atoms with Crippen LogP contribution in [0.2, 0.25) is 0 Å².